The number of aliphatic carboxylic acids is 1. The van der Waals surface area contributed by atoms with Crippen LogP contribution in [0.5, 0.6) is 0 Å². The number of aryl methyl sites for hydroxylation is 1. The van der Waals surface area contributed by atoms with Crippen molar-refractivity contribution in [2.75, 3.05) is 11.1 Å². The fourth-order valence-corrected chi connectivity index (χ4v) is 3.06. The van der Waals surface area contributed by atoms with E-state index in [1.807, 2.05) is 49.4 Å². The van der Waals surface area contributed by atoms with Gasteiger partial charge in [0.05, 0.1) is 0 Å². The van der Waals surface area contributed by atoms with E-state index in [0.29, 0.717) is 22.5 Å². The van der Waals surface area contributed by atoms with E-state index in [-0.39, 0.29) is 5.84 Å². The molecule has 3 rings (SSSR count). The molecule has 28 heavy (non-hydrogen) atoms. The third kappa shape index (κ3) is 4.29. The number of amidine groups is 1. The molecule has 0 spiro atoms. The van der Waals surface area contributed by atoms with E-state index >= 15 is 0 Å². The van der Waals surface area contributed by atoms with Gasteiger partial charge in [0.15, 0.2) is 6.04 Å². The van der Waals surface area contributed by atoms with E-state index < -0.39 is 12.0 Å². The number of hydrogen-bond acceptors (Lipinski definition) is 4. The van der Waals surface area contributed by atoms with Crippen LogP contribution in [-0.4, -0.2) is 16.9 Å². The number of nitrogens with one attached hydrogen (secondary N) is 2. The third-order valence-corrected chi connectivity index (χ3v) is 4.41. The summed E-state index contributed by atoms with van der Waals surface area (Å²) in [5.74, 6) is -1.02. The molecule has 0 aliphatic carbocycles. The molecule has 1 unspecified atom stereocenters. The Balaban J connectivity index is 1.96. The van der Waals surface area contributed by atoms with E-state index in [1.54, 1.807) is 24.3 Å². The molecule has 0 aromatic heterocycles. The van der Waals surface area contributed by atoms with Crippen LogP contribution in [-0.2, 0) is 4.79 Å². The maximum atomic E-state index is 12.0. The Bertz CT molecular complexity index is 1030. The number of carbonyl (C=O) groups is 1. The maximum absolute atomic E-state index is 12.0. The SMILES string of the molecule is Cc1cc(-c2cccc(N)c2)cc(C(Nc2ccc(C(=N)N)cc2)C(=O)O)c1. The number of benzene rings is 3. The van der Waals surface area contributed by atoms with Crippen LogP contribution >= 0.6 is 0 Å². The van der Waals surface area contributed by atoms with Crippen molar-refractivity contribution in [1.29, 1.82) is 5.41 Å². The van der Waals surface area contributed by atoms with Crippen LogP contribution < -0.4 is 16.8 Å². The van der Waals surface area contributed by atoms with Gasteiger partial charge in [-0.15, -0.1) is 0 Å². The molecule has 0 heterocycles. The molecule has 0 fully saturated rings. The molecule has 0 amide bonds. The van der Waals surface area contributed by atoms with Crippen molar-refractivity contribution in [3.63, 3.8) is 0 Å². The first kappa shape index (κ1) is 19.0. The van der Waals surface area contributed by atoms with E-state index in [9.17, 15) is 9.90 Å². The van der Waals surface area contributed by atoms with Gasteiger partial charge >= 0.3 is 5.97 Å². The monoisotopic (exact) mass is 374 g/mol. The summed E-state index contributed by atoms with van der Waals surface area (Å²) in [6.07, 6.45) is 0. The lowest BCUT2D eigenvalue weighted by Gasteiger charge is -2.18. The minimum Gasteiger partial charge on any atom is -0.479 e. The Hall–Kier alpha value is -3.80. The first-order valence-corrected chi connectivity index (χ1v) is 8.75. The number of nitrogen functional groups attached to an aromatic ring is 2. The highest BCUT2D eigenvalue weighted by Crippen LogP contribution is 2.28. The van der Waals surface area contributed by atoms with Gasteiger partial charge in [-0.3, -0.25) is 5.41 Å². The first-order valence-electron chi connectivity index (χ1n) is 8.75. The number of anilines is 2. The van der Waals surface area contributed by atoms with Crippen molar-refractivity contribution in [3.8, 4) is 11.1 Å². The van der Waals surface area contributed by atoms with Gasteiger partial charge in [0, 0.05) is 16.9 Å². The van der Waals surface area contributed by atoms with Crippen molar-refractivity contribution in [2.45, 2.75) is 13.0 Å². The summed E-state index contributed by atoms with van der Waals surface area (Å²) < 4.78 is 0. The van der Waals surface area contributed by atoms with Crippen molar-refractivity contribution in [1.82, 2.24) is 0 Å². The van der Waals surface area contributed by atoms with E-state index in [2.05, 4.69) is 5.32 Å². The molecule has 142 valence electrons. The molecule has 3 aromatic carbocycles. The van der Waals surface area contributed by atoms with Crippen LogP contribution in [0.15, 0.2) is 66.7 Å². The average Bonchev–Trinajstić information content (AvgIpc) is 2.65. The van der Waals surface area contributed by atoms with Crippen molar-refractivity contribution < 1.29 is 9.90 Å². The summed E-state index contributed by atoms with van der Waals surface area (Å²) in [6, 6.07) is 19.0. The minimum atomic E-state index is -0.986. The molecular weight excluding hydrogens is 352 g/mol. The van der Waals surface area contributed by atoms with E-state index in [0.717, 1.165) is 16.7 Å². The standard InChI is InChI=1S/C22H22N4O2/c1-13-9-16(15-3-2-4-18(23)12-15)11-17(10-13)20(22(27)28)26-19-7-5-14(6-8-19)21(24)25/h2-12,20,26H,23H2,1H3,(H3,24,25)(H,27,28). The highest BCUT2D eigenvalue weighted by atomic mass is 16.4. The van der Waals surface area contributed by atoms with Crippen LogP contribution in [0.3, 0.4) is 0 Å². The highest BCUT2D eigenvalue weighted by Gasteiger charge is 2.21. The number of carboxylic acids is 1. The van der Waals surface area contributed by atoms with Crippen molar-refractivity contribution in [2.24, 2.45) is 5.73 Å². The number of carboxylic acid groups (broad SMARTS) is 1. The minimum absolute atomic E-state index is 0.0354. The van der Waals surface area contributed by atoms with Crippen LogP contribution in [0.25, 0.3) is 11.1 Å². The molecule has 6 nitrogen and oxygen atoms in total. The fourth-order valence-electron chi connectivity index (χ4n) is 3.06. The molecule has 0 aliphatic heterocycles. The summed E-state index contributed by atoms with van der Waals surface area (Å²) >= 11 is 0. The predicted octanol–water partition coefficient (Wildman–Crippen LogP) is 3.77. The van der Waals surface area contributed by atoms with Gasteiger partial charge in [0.25, 0.3) is 0 Å². The Morgan fingerprint density at radius 3 is 2.36 bits per heavy atom. The van der Waals surface area contributed by atoms with Crippen LogP contribution in [0.2, 0.25) is 0 Å². The summed E-state index contributed by atoms with van der Waals surface area (Å²) in [5, 5.41) is 20.3. The van der Waals surface area contributed by atoms with Gasteiger partial charge < -0.3 is 21.9 Å². The van der Waals surface area contributed by atoms with E-state index in [1.165, 1.54) is 0 Å². The topological polar surface area (TPSA) is 125 Å². The maximum Gasteiger partial charge on any atom is 0.330 e. The lowest BCUT2D eigenvalue weighted by Crippen LogP contribution is -2.21. The summed E-state index contributed by atoms with van der Waals surface area (Å²) in [6.45, 7) is 1.93. The molecule has 1 atom stereocenters. The van der Waals surface area contributed by atoms with Gasteiger partial charge in [0.1, 0.15) is 5.84 Å². The Morgan fingerprint density at radius 1 is 1.04 bits per heavy atom. The second kappa shape index (κ2) is 7.84. The molecule has 7 N–H and O–H groups in total. The molecule has 0 radical (unpaired) electrons. The fraction of sp³-hybridized carbons (Fsp3) is 0.0909. The average molecular weight is 374 g/mol. The molecule has 0 bridgehead atoms. The van der Waals surface area contributed by atoms with Crippen molar-refractivity contribution >= 4 is 23.2 Å². The lowest BCUT2D eigenvalue weighted by molar-refractivity contribution is -0.138. The zero-order valence-corrected chi connectivity index (χ0v) is 15.4. The van der Waals surface area contributed by atoms with E-state index in [4.69, 9.17) is 16.9 Å². The summed E-state index contributed by atoms with van der Waals surface area (Å²) in [4.78, 5) is 12.0. The number of hydrogen-bond donors (Lipinski definition) is 5. The second-order valence-corrected chi connectivity index (χ2v) is 6.66. The number of nitrogens with two attached hydrogens (primary N) is 2. The predicted molar refractivity (Wildman–Crippen MR) is 112 cm³/mol. The Kier molecular flexibility index (Phi) is 5.31. The summed E-state index contributed by atoms with van der Waals surface area (Å²) in [5.41, 5.74) is 16.6. The van der Waals surface area contributed by atoms with Gasteiger partial charge in [-0.1, -0.05) is 29.8 Å². The molecular formula is C22H22N4O2. The van der Waals surface area contributed by atoms with Crippen LogP contribution in [0.4, 0.5) is 11.4 Å². The molecule has 0 saturated heterocycles. The highest BCUT2D eigenvalue weighted by molar-refractivity contribution is 5.95. The zero-order valence-electron chi connectivity index (χ0n) is 15.4. The molecule has 6 heteroatoms. The van der Waals surface area contributed by atoms with Gasteiger partial charge in [0.2, 0.25) is 0 Å². The zero-order chi connectivity index (χ0) is 20.3. The Labute approximate surface area is 163 Å². The van der Waals surface area contributed by atoms with Gasteiger partial charge in [-0.2, -0.15) is 0 Å². The third-order valence-electron chi connectivity index (χ3n) is 4.41. The number of rotatable bonds is 6. The van der Waals surface area contributed by atoms with Gasteiger partial charge in [-0.25, -0.2) is 4.79 Å². The molecule has 3 aromatic rings. The largest absolute Gasteiger partial charge is 0.479 e. The van der Waals surface area contributed by atoms with Crippen LogP contribution in [0.1, 0.15) is 22.7 Å². The lowest BCUT2D eigenvalue weighted by atomic mass is 9.96. The van der Waals surface area contributed by atoms with Gasteiger partial charge in [-0.05, 0) is 66.1 Å². The van der Waals surface area contributed by atoms with Crippen molar-refractivity contribution in [3.05, 3.63) is 83.4 Å². The first-order chi connectivity index (χ1) is 13.3. The second-order valence-electron chi connectivity index (χ2n) is 6.66. The molecule has 0 saturated carbocycles. The quantitative estimate of drug-likeness (QED) is 0.255. The van der Waals surface area contributed by atoms with Crippen LogP contribution in [0, 0.1) is 12.3 Å². The smallest absolute Gasteiger partial charge is 0.330 e. The molecule has 0 aliphatic rings. The Morgan fingerprint density at radius 2 is 1.75 bits per heavy atom. The normalized spacial score (nSPS) is 11.6. The summed E-state index contributed by atoms with van der Waals surface area (Å²) in [7, 11) is 0.